The zero-order chi connectivity index (χ0) is 15.3. The van der Waals surface area contributed by atoms with Crippen molar-refractivity contribution >= 4 is 35.1 Å². The van der Waals surface area contributed by atoms with Crippen LogP contribution in [0, 0.1) is 11.8 Å². The molecule has 0 saturated heterocycles. The second kappa shape index (κ2) is 7.26. The second-order valence-corrected chi connectivity index (χ2v) is 7.31. The van der Waals surface area contributed by atoms with Gasteiger partial charge >= 0.3 is 7.60 Å². The zero-order valence-corrected chi connectivity index (χ0v) is 13.6. The molecule has 0 aliphatic carbocycles. The van der Waals surface area contributed by atoms with Crippen LogP contribution in [0.5, 0.6) is 0 Å². The van der Waals surface area contributed by atoms with Crippen LogP contribution in [0.1, 0.15) is 20.3 Å². The lowest BCUT2D eigenvalue weighted by Gasteiger charge is -2.19. The minimum absolute atomic E-state index is 0.151. The maximum Gasteiger partial charge on any atom is 0.326 e. The van der Waals surface area contributed by atoms with Gasteiger partial charge in [-0.05, 0) is 28.3 Å². The monoisotopic (exact) mass is 365 g/mol. The van der Waals surface area contributed by atoms with Crippen LogP contribution >= 0.6 is 23.5 Å². The number of halogens is 1. The first kappa shape index (κ1) is 17.2. The molecular weight excluding hydrogens is 349 g/mol. The average Bonchev–Trinajstić information content (AvgIpc) is 2.29. The molecule has 0 aliphatic heterocycles. The highest BCUT2D eigenvalue weighted by molar-refractivity contribution is 9.10. The number of amides is 1. The molecule has 9 heteroatoms. The van der Waals surface area contributed by atoms with Crippen LogP contribution in [0.4, 0.5) is 5.69 Å². The number of hydrogen-bond donors (Lipinski definition) is 3. The fourth-order valence-corrected chi connectivity index (χ4v) is 2.84. The fourth-order valence-electron chi connectivity index (χ4n) is 1.74. The van der Waals surface area contributed by atoms with Gasteiger partial charge in [0.1, 0.15) is 0 Å². The van der Waals surface area contributed by atoms with E-state index in [2.05, 4.69) is 31.2 Å². The van der Waals surface area contributed by atoms with E-state index in [1.165, 1.54) is 12.4 Å². The summed E-state index contributed by atoms with van der Waals surface area (Å²) in [4.78, 5) is 37.9. The van der Waals surface area contributed by atoms with Crippen LogP contribution in [0.2, 0.25) is 0 Å². The van der Waals surface area contributed by atoms with Crippen LogP contribution in [0.15, 0.2) is 17.1 Å². The maximum atomic E-state index is 12.1. The van der Waals surface area contributed by atoms with Crippen molar-refractivity contribution in [2.24, 2.45) is 11.8 Å². The van der Waals surface area contributed by atoms with Crippen molar-refractivity contribution in [3.63, 3.8) is 0 Å². The number of aromatic nitrogens is 2. The molecule has 20 heavy (non-hydrogen) atoms. The van der Waals surface area contributed by atoms with Crippen LogP contribution in [-0.4, -0.2) is 31.8 Å². The summed E-state index contributed by atoms with van der Waals surface area (Å²) in [6, 6.07) is 0. The van der Waals surface area contributed by atoms with Gasteiger partial charge in [0, 0.05) is 5.92 Å². The van der Waals surface area contributed by atoms with Gasteiger partial charge in [-0.15, -0.1) is 0 Å². The Morgan fingerprint density at radius 3 is 2.40 bits per heavy atom. The van der Waals surface area contributed by atoms with Gasteiger partial charge in [-0.1, -0.05) is 13.8 Å². The summed E-state index contributed by atoms with van der Waals surface area (Å²) in [7, 11) is -4.24. The van der Waals surface area contributed by atoms with Crippen LogP contribution in [0.3, 0.4) is 0 Å². The van der Waals surface area contributed by atoms with Gasteiger partial charge in [-0.2, -0.15) is 0 Å². The zero-order valence-electron chi connectivity index (χ0n) is 11.2. The molecule has 0 aliphatic rings. The van der Waals surface area contributed by atoms with Crippen molar-refractivity contribution in [2.75, 3.05) is 11.5 Å². The summed E-state index contributed by atoms with van der Waals surface area (Å²) in [5, 5.41) is 2.57. The summed E-state index contributed by atoms with van der Waals surface area (Å²) >= 11 is 3.08. The SMILES string of the molecule is CC(C)CC(CP(=O)(O)O)C(=O)Nc1cnc(Br)nc1. The number of carbonyl (C=O) groups excluding carboxylic acids is 1. The first-order valence-corrected chi connectivity index (χ1v) is 8.59. The van der Waals surface area contributed by atoms with Gasteiger partial charge in [-0.3, -0.25) is 9.36 Å². The molecule has 0 saturated carbocycles. The third kappa shape index (κ3) is 6.56. The number of carbonyl (C=O) groups is 1. The standard InChI is InChI=1S/C11H17BrN3O4P/c1-7(2)3-8(6-20(17,18)19)10(16)15-9-4-13-11(12)14-5-9/h4-5,7-8H,3,6H2,1-2H3,(H,15,16)(H2,17,18,19). The first-order chi connectivity index (χ1) is 9.17. The van der Waals surface area contributed by atoms with E-state index in [0.717, 1.165) is 0 Å². The minimum atomic E-state index is -4.24. The Labute approximate surface area is 125 Å². The molecule has 1 amide bonds. The molecule has 3 N–H and O–H groups in total. The van der Waals surface area contributed by atoms with Gasteiger partial charge in [0.05, 0.1) is 24.2 Å². The third-order valence-corrected chi connectivity index (χ3v) is 3.80. The van der Waals surface area contributed by atoms with E-state index in [9.17, 15) is 9.36 Å². The average molecular weight is 366 g/mol. The van der Waals surface area contributed by atoms with Gasteiger partial charge in [0.15, 0.2) is 4.73 Å². The normalized spacial score (nSPS) is 13.3. The van der Waals surface area contributed by atoms with Crippen LogP contribution in [0.25, 0.3) is 0 Å². The van der Waals surface area contributed by atoms with Crippen molar-refractivity contribution in [3.8, 4) is 0 Å². The summed E-state index contributed by atoms with van der Waals surface area (Å²) in [5.41, 5.74) is 0.387. The molecule has 1 atom stereocenters. The molecule has 1 aromatic heterocycles. The van der Waals surface area contributed by atoms with Crippen molar-refractivity contribution in [3.05, 3.63) is 17.1 Å². The summed E-state index contributed by atoms with van der Waals surface area (Å²) < 4.78 is 11.5. The Kier molecular flexibility index (Phi) is 6.26. The van der Waals surface area contributed by atoms with Gasteiger partial charge < -0.3 is 15.1 Å². The lowest BCUT2D eigenvalue weighted by atomic mass is 9.98. The Balaban J connectivity index is 2.77. The Morgan fingerprint density at radius 1 is 1.40 bits per heavy atom. The van der Waals surface area contributed by atoms with E-state index >= 15 is 0 Å². The molecular formula is C11H17BrN3O4P. The quantitative estimate of drug-likeness (QED) is 0.525. The van der Waals surface area contributed by atoms with Gasteiger partial charge in [0.2, 0.25) is 5.91 Å². The molecule has 1 rings (SSSR count). The molecule has 7 nitrogen and oxygen atoms in total. The van der Waals surface area contributed by atoms with Crippen LogP contribution in [-0.2, 0) is 9.36 Å². The van der Waals surface area contributed by atoms with Crippen molar-refractivity contribution in [2.45, 2.75) is 20.3 Å². The minimum Gasteiger partial charge on any atom is -0.324 e. The second-order valence-electron chi connectivity index (χ2n) is 4.90. The first-order valence-electron chi connectivity index (χ1n) is 6.00. The molecule has 1 aromatic rings. The van der Waals surface area contributed by atoms with Crippen molar-refractivity contribution < 1.29 is 19.1 Å². The van der Waals surface area contributed by atoms with Crippen molar-refractivity contribution in [1.29, 1.82) is 0 Å². The Bertz CT molecular complexity index is 503. The van der Waals surface area contributed by atoms with Crippen molar-refractivity contribution in [1.82, 2.24) is 9.97 Å². The number of nitrogens with one attached hydrogen (secondary N) is 1. The topological polar surface area (TPSA) is 112 Å². The smallest absolute Gasteiger partial charge is 0.324 e. The Morgan fingerprint density at radius 2 is 1.95 bits per heavy atom. The molecule has 0 radical (unpaired) electrons. The maximum absolute atomic E-state index is 12.1. The van der Waals surface area contributed by atoms with E-state index in [-0.39, 0.29) is 5.92 Å². The van der Waals surface area contributed by atoms with Crippen LogP contribution < -0.4 is 5.32 Å². The molecule has 0 fully saturated rings. The van der Waals surface area contributed by atoms with E-state index < -0.39 is 25.6 Å². The lowest BCUT2D eigenvalue weighted by Crippen LogP contribution is -2.27. The predicted molar refractivity (Wildman–Crippen MR) is 78.2 cm³/mol. The number of anilines is 1. The Hall–Kier alpha value is -0.820. The van der Waals surface area contributed by atoms with Gasteiger partial charge in [-0.25, -0.2) is 9.97 Å². The van der Waals surface area contributed by atoms with Gasteiger partial charge in [0.25, 0.3) is 0 Å². The molecule has 1 heterocycles. The summed E-state index contributed by atoms with van der Waals surface area (Å²) in [6.45, 7) is 3.78. The van der Waals surface area contributed by atoms with E-state index in [4.69, 9.17) is 9.79 Å². The predicted octanol–water partition coefficient (Wildman–Crippen LogP) is 2.02. The highest BCUT2D eigenvalue weighted by Crippen LogP contribution is 2.38. The number of nitrogens with zero attached hydrogens (tertiary/aromatic N) is 2. The molecule has 112 valence electrons. The lowest BCUT2D eigenvalue weighted by molar-refractivity contribution is -0.119. The van der Waals surface area contributed by atoms with E-state index in [1.54, 1.807) is 0 Å². The number of hydrogen-bond acceptors (Lipinski definition) is 4. The largest absolute Gasteiger partial charge is 0.326 e. The fraction of sp³-hybridized carbons (Fsp3) is 0.545. The highest BCUT2D eigenvalue weighted by Gasteiger charge is 2.28. The number of rotatable bonds is 6. The molecule has 0 spiro atoms. The molecule has 1 unspecified atom stereocenters. The van der Waals surface area contributed by atoms with E-state index in [1.807, 2.05) is 13.8 Å². The highest BCUT2D eigenvalue weighted by atomic mass is 79.9. The summed E-state index contributed by atoms with van der Waals surface area (Å²) in [5.74, 6) is -1.04. The molecule has 0 aromatic carbocycles. The summed E-state index contributed by atoms with van der Waals surface area (Å²) in [6.07, 6.45) is 2.76. The molecule has 0 bridgehead atoms. The van der Waals surface area contributed by atoms with E-state index in [0.29, 0.717) is 16.8 Å². The third-order valence-electron chi connectivity index (χ3n) is 2.47.